The fraction of sp³-hybridized carbons (Fsp3) is 0. The molecule has 0 atom stereocenters. The number of rotatable bonds is 2. The van der Waals surface area contributed by atoms with Crippen LogP contribution in [0.1, 0.15) is 0 Å². The van der Waals surface area contributed by atoms with Crippen LogP contribution in [0.15, 0.2) is 9.04 Å². The van der Waals surface area contributed by atoms with E-state index in [1.807, 2.05) is 9.82 Å². The monoisotopic (exact) mass is 246 g/mol. The summed E-state index contributed by atoms with van der Waals surface area (Å²) in [5, 5.41) is 0. The Labute approximate surface area is 77.2 Å². The van der Waals surface area contributed by atoms with Gasteiger partial charge in [0.2, 0.25) is 0 Å². The van der Waals surface area contributed by atoms with E-state index in [-0.39, 0.29) is 0 Å². The molecule has 0 aliphatic heterocycles. The van der Waals surface area contributed by atoms with Crippen LogP contribution in [0.3, 0.4) is 0 Å². The Hall–Kier alpha value is -1.56. The van der Waals surface area contributed by atoms with Gasteiger partial charge in [0.05, 0.1) is 0 Å². The first-order chi connectivity index (χ1) is 6.12. The highest BCUT2D eigenvalue weighted by Crippen LogP contribution is 1.92. The molecule has 0 radical (unpaired) electrons. The van der Waals surface area contributed by atoms with E-state index in [0.29, 0.717) is 0 Å². The maximum Gasteiger partial charge on any atom is 0.394 e. The van der Waals surface area contributed by atoms with E-state index in [1.54, 1.807) is 0 Å². The van der Waals surface area contributed by atoms with Gasteiger partial charge in [-0.1, -0.05) is 0 Å². The van der Waals surface area contributed by atoms with Crippen LogP contribution in [0.5, 0.6) is 0 Å². The second-order valence-corrected chi connectivity index (χ2v) is 3.36. The minimum Gasteiger partial charge on any atom is -0.264 e. The van der Waals surface area contributed by atoms with E-state index >= 15 is 0 Å². The molecule has 0 aromatic carbocycles. The van der Waals surface area contributed by atoms with Crippen LogP contribution in [0, 0.1) is 0 Å². The van der Waals surface area contributed by atoms with Crippen LogP contribution < -0.4 is 0 Å². The van der Waals surface area contributed by atoms with Crippen LogP contribution in [-0.4, -0.2) is 25.9 Å². The first kappa shape index (κ1) is 14.9. The van der Waals surface area contributed by atoms with Gasteiger partial charge in [-0.2, -0.15) is 8.42 Å². The van der Waals surface area contributed by atoms with Crippen LogP contribution in [0.2, 0.25) is 0 Å². The van der Waals surface area contributed by atoms with E-state index in [1.165, 1.54) is 0 Å². The van der Waals surface area contributed by atoms with Crippen molar-refractivity contribution >= 4 is 20.6 Å². The third kappa shape index (κ3) is 22.4. The van der Waals surface area contributed by atoms with Gasteiger partial charge in [0.1, 0.15) is 0 Å². The summed E-state index contributed by atoms with van der Waals surface area (Å²) in [5.41, 5.74) is 15.0. The molecule has 0 aliphatic carbocycles. The molecular weight excluding hydrogens is 244 g/mol. The van der Waals surface area contributed by atoms with Crippen molar-refractivity contribution in [2.45, 2.75) is 0 Å². The zero-order valence-corrected chi connectivity index (χ0v) is 7.66. The lowest BCUT2D eigenvalue weighted by Crippen LogP contribution is -1.89. The van der Waals surface area contributed by atoms with E-state index in [0.717, 1.165) is 0 Å². The fourth-order valence-electron chi connectivity index (χ4n) is 0.109. The van der Waals surface area contributed by atoms with Crippen LogP contribution in [-0.2, 0) is 20.6 Å². The van der Waals surface area contributed by atoms with Crippen molar-refractivity contribution in [3.05, 3.63) is 20.9 Å². The zero-order valence-electron chi connectivity index (χ0n) is 6.03. The molecule has 0 fully saturated rings. The molecule has 0 aliphatic rings. The maximum atomic E-state index is 9.99. The van der Waals surface area contributed by atoms with E-state index in [4.69, 9.17) is 28.6 Å². The molecule has 0 aromatic heterocycles. The van der Waals surface area contributed by atoms with Crippen molar-refractivity contribution in [1.29, 1.82) is 0 Å². The molecule has 0 rings (SSSR count). The molecule has 0 aromatic rings. The van der Waals surface area contributed by atoms with E-state index in [9.17, 15) is 8.42 Å². The summed E-state index contributed by atoms with van der Waals surface area (Å²) in [6, 6.07) is 0. The topological polar surface area (TPSA) is 206 Å². The number of hydrogen-bond donors (Lipinski definition) is 2. The molecule has 0 heterocycles. The Bertz CT molecular complexity index is 424. The molecule has 14 heteroatoms. The van der Waals surface area contributed by atoms with Crippen LogP contribution >= 0.6 is 0 Å². The first-order valence-electron chi connectivity index (χ1n) is 2.20. The van der Waals surface area contributed by atoms with Crippen molar-refractivity contribution in [2.24, 2.45) is 9.04 Å². The van der Waals surface area contributed by atoms with Crippen molar-refractivity contribution in [3.63, 3.8) is 0 Å². The smallest absolute Gasteiger partial charge is 0.264 e. The molecular formula is H2N6O6S2. The fourth-order valence-corrected chi connectivity index (χ4v) is 0.326. The summed E-state index contributed by atoms with van der Waals surface area (Å²) in [7, 11) is -8.93. The van der Waals surface area contributed by atoms with Gasteiger partial charge in [-0.3, -0.25) is 9.11 Å². The average molecular weight is 246 g/mol. The molecule has 0 saturated carbocycles. The van der Waals surface area contributed by atoms with E-state index < -0.39 is 20.6 Å². The Kier molecular flexibility index (Phi) is 6.38. The van der Waals surface area contributed by atoms with Crippen molar-refractivity contribution < 1.29 is 25.9 Å². The van der Waals surface area contributed by atoms with Gasteiger partial charge in [-0.25, -0.2) is 8.42 Å². The minimum atomic E-state index is -4.67. The summed E-state index contributed by atoms with van der Waals surface area (Å²) in [5.74, 6) is 0. The lowest BCUT2D eigenvalue weighted by molar-refractivity contribution is 0.381. The lowest BCUT2D eigenvalue weighted by Gasteiger charge is -1.73. The van der Waals surface area contributed by atoms with E-state index in [2.05, 4.69) is 9.04 Å². The van der Waals surface area contributed by atoms with Crippen LogP contribution in [0.25, 0.3) is 20.9 Å². The zero-order chi connectivity index (χ0) is 11.8. The van der Waals surface area contributed by atoms with Gasteiger partial charge in [0.15, 0.2) is 0 Å². The summed E-state index contributed by atoms with van der Waals surface area (Å²) in [4.78, 5) is 3.80. The minimum absolute atomic E-state index is 1.90. The highest BCUT2D eigenvalue weighted by atomic mass is 32.3. The van der Waals surface area contributed by atoms with Gasteiger partial charge < -0.3 is 0 Å². The molecule has 0 amide bonds. The predicted molar refractivity (Wildman–Crippen MR) is 41.4 cm³/mol. The first-order valence-corrected chi connectivity index (χ1v) is 4.99. The summed E-state index contributed by atoms with van der Waals surface area (Å²) in [6.45, 7) is 0. The average Bonchev–Trinajstić information content (AvgIpc) is 1.81. The molecule has 0 unspecified atom stereocenters. The Balaban J connectivity index is 0. The Morgan fingerprint density at radius 1 is 0.929 bits per heavy atom. The summed E-state index contributed by atoms with van der Waals surface area (Å²) in [6.07, 6.45) is 0. The summed E-state index contributed by atoms with van der Waals surface area (Å²) >= 11 is 0. The quantitative estimate of drug-likeness (QED) is 0.300. The molecule has 0 saturated heterocycles. The maximum absolute atomic E-state index is 9.99. The molecule has 14 heavy (non-hydrogen) atoms. The van der Waals surface area contributed by atoms with Crippen molar-refractivity contribution in [3.8, 4) is 0 Å². The lowest BCUT2D eigenvalue weighted by atomic mass is 13.0. The van der Waals surface area contributed by atoms with Crippen LogP contribution in [0.4, 0.5) is 0 Å². The van der Waals surface area contributed by atoms with Gasteiger partial charge in [-0.15, -0.1) is 0 Å². The predicted octanol–water partition coefficient (Wildman–Crippen LogP) is 0.199. The number of azide groups is 1. The highest BCUT2D eigenvalue weighted by molar-refractivity contribution is 7.88. The SMILES string of the molecule is O=S(=O)(O)O.[N-]=[N+]=NS(=O)(=O)N=[N+]=[N-]. The number of nitrogens with zero attached hydrogens (tertiary/aromatic N) is 6. The normalized spacial score (nSPS) is 9.86. The summed E-state index contributed by atoms with van der Waals surface area (Å²) < 4.78 is 55.9. The Morgan fingerprint density at radius 3 is 1.29 bits per heavy atom. The van der Waals surface area contributed by atoms with Gasteiger partial charge in [-0.05, 0) is 11.1 Å². The van der Waals surface area contributed by atoms with Gasteiger partial charge in [0.25, 0.3) is 0 Å². The molecule has 0 bridgehead atoms. The second kappa shape index (κ2) is 5.98. The highest BCUT2D eigenvalue weighted by Gasteiger charge is 1.99. The third-order valence-electron chi connectivity index (χ3n) is 0.279. The third-order valence-corrected chi connectivity index (χ3v) is 0.838. The molecule has 0 spiro atoms. The van der Waals surface area contributed by atoms with Gasteiger partial charge in [0, 0.05) is 18.9 Å². The largest absolute Gasteiger partial charge is 0.394 e. The van der Waals surface area contributed by atoms with Crippen molar-refractivity contribution in [2.75, 3.05) is 0 Å². The molecule has 12 nitrogen and oxygen atoms in total. The van der Waals surface area contributed by atoms with Gasteiger partial charge >= 0.3 is 20.6 Å². The number of hydrogen-bond acceptors (Lipinski definition) is 4. The Morgan fingerprint density at radius 2 is 1.14 bits per heavy atom. The molecule has 80 valence electrons. The standard InChI is InChI=1S/N6O2S.H2O4S/c1-3-5-9(7,8)6-4-2;1-5(2,3)4/h;(H2,1,2,3,4). The second-order valence-electron chi connectivity index (χ2n) is 1.24. The van der Waals surface area contributed by atoms with Crippen molar-refractivity contribution in [1.82, 2.24) is 0 Å². The molecule has 2 N–H and O–H groups in total.